The maximum Gasteiger partial charge on any atom is 0.338 e. The number of esters is 2. The van der Waals surface area contributed by atoms with Gasteiger partial charge in [-0.3, -0.25) is 4.99 Å². The van der Waals surface area contributed by atoms with Crippen LogP contribution in [0.3, 0.4) is 0 Å². The minimum Gasteiger partial charge on any atom is -0.464 e. The monoisotopic (exact) mass is 307 g/mol. The van der Waals surface area contributed by atoms with Crippen LogP contribution >= 0.6 is 11.8 Å². The van der Waals surface area contributed by atoms with Crippen LogP contribution in [0.1, 0.15) is 29.8 Å². The Morgan fingerprint density at radius 1 is 1.19 bits per heavy atom. The average molecular weight is 307 g/mol. The molecule has 0 N–H and O–H groups in total. The van der Waals surface area contributed by atoms with Crippen molar-refractivity contribution in [3.05, 3.63) is 35.4 Å². The number of hydrogen-bond donors (Lipinski definition) is 0. The van der Waals surface area contributed by atoms with E-state index in [0.29, 0.717) is 24.5 Å². The summed E-state index contributed by atoms with van der Waals surface area (Å²) in [7, 11) is 0. The van der Waals surface area contributed by atoms with Gasteiger partial charge in [-0.15, -0.1) is 11.8 Å². The number of aliphatic imine (C=N–C) groups is 1. The molecular formula is C15H17NO4S. The summed E-state index contributed by atoms with van der Waals surface area (Å²) in [6, 6.07) is 6.59. The van der Waals surface area contributed by atoms with Crippen LogP contribution < -0.4 is 0 Å². The van der Waals surface area contributed by atoms with Crippen molar-refractivity contribution >= 4 is 28.7 Å². The molecule has 21 heavy (non-hydrogen) atoms. The first-order valence-corrected chi connectivity index (χ1v) is 7.79. The van der Waals surface area contributed by atoms with Gasteiger partial charge >= 0.3 is 11.9 Å². The number of hydrogen-bond acceptors (Lipinski definition) is 6. The zero-order chi connectivity index (χ0) is 15.2. The first-order chi connectivity index (χ1) is 10.2. The fourth-order valence-electron chi connectivity index (χ4n) is 1.85. The lowest BCUT2D eigenvalue weighted by atomic mass is 10.1. The van der Waals surface area contributed by atoms with E-state index in [1.807, 2.05) is 12.1 Å². The molecule has 0 amide bonds. The van der Waals surface area contributed by atoms with Crippen molar-refractivity contribution in [3.63, 3.8) is 0 Å². The summed E-state index contributed by atoms with van der Waals surface area (Å²) in [6.07, 6.45) is 0. The fourth-order valence-corrected chi connectivity index (χ4v) is 2.89. The van der Waals surface area contributed by atoms with Crippen LogP contribution in [0.5, 0.6) is 0 Å². The quantitative estimate of drug-likeness (QED) is 0.781. The average Bonchev–Trinajstić information content (AvgIpc) is 2.98. The van der Waals surface area contributed by atoms with Crippen molar-refractivity contribution in [2.45, 2.75) is 19.9 Å². The summed E-state index contributed by atoms with van der Waals surface area (Å²) >= 11 is 1.52. The van der Waals surface area contributed by atoms with Gasteiger partial charge in [0.15, 0.2) is 6.04 Å². The Morgan fingerprint density at radius 2 is 1.86 bits per heavy atom. The fraction of sp³-hybridized carbons (Fsp3) is 0.400. The minimum atomic E-state index is -0.435. The number of benzene rings is 1. The molecule has 1 atom stereocenters. The van der Waals surface area contributed by atoms with Gasteiger partial charge in [-0.05, 0) is 26.0 Å². The van der Waals surface area contributed by atoms with Crippen molar-refractivity contribution in [1.82, 2.24) is 0 Å². The van der Waals surface area contributed by atoms with Crippen LogP contribution in [-0.2, 0) is 14.3 Å². The van der Waals surface area contributed by atoms with Crippen molar-refractivity contribution < 1.29 is 19.1 Å². The topological polar surface area (TPSA) is 65.0 Å². The molecular weight excluding hydrogens is 290 g/mol. The molecule has 112 valence electrons. The second kappa shape index (κ2) is 7.26. The third kappa shape index (κ3) is 3.85. The summed E-state index contributed by atoms with van der Waals surface area (Å²) in [5.74, 6) is -0.0361. The van der Waals surface area contributed by atoms with Gasteiger partial charge < -0.3 is 9.47 Å². The molecule has 0 spiro atoms. The molecule has 1 aromatic rings. The van der Waals surface area contributed by atoms with E-state index in [4.69, 9.17) is 9.47 Å². The van der Waals surface area contributed by atoms with Gasteiger partial charge in [0, 0.05) is 11.3 Å². The number of nitrogens with zero attached hydrogens (tertiary/aromatic N) is 1. The minimum absolute atomic E-state index is 0.289. The molecule has 1 heterocycles. The number of thioether (sulfide) groups is 1. The maximum absolute atomic E-state index is 11.6. The van der Waals surface area contributed by atoms with Crippen LogP contribution in [0.4, 0.5) is 0 Å². The van der Waals surface area contributed by atoms with E-state index in [9.17, 15) is 9.59 Å². The van der Waals surface area contributed by atoms with Gasteiger partial charge in [-0.25, -0.2) is 9.59 Å². The van der Waals surface area contributed by atoms with Crippen molar-refractivity contribution in [2.24, 2.45) is 4.99 Å². The molecule has 0 bridgehead atoms. The van der Waals surface area contributed by atoms with Gasteiger partial charge in [0.2, 0.25) is 0 Å². The molecule has 5 nitrogen and oxygen atoms in total. The summed E-state index contributed by atoms with van der Waals surface area (Å²) in [5.41, 5.74) is 1.39. The number of carbonyl (C=O) groups is 2. The van der Waals surface area contributed by atoms with Crippen LogP contribution in [0.2, 0.25) is 0 Å². The highest BCUT2D eigenvalue weighted by Gasteiger charge is 2.26. The molecule has 6 heteroatoms. The lowest BCUT2D eigenvalue weighted by molar-refractivity contribution is -0.143. The number of carbonyl (C=O) groups excluding carboxylic acids is 2. The predicted octanol–water partition coefficient (Wildman–Crippen LogP) is 2.29. The van der Waals surface area contributed by atoms with Gasteiger partial charge in [-0.2, -0.15) is 0 Å². The smallest absolute Gasteiger partial charge is 0.338 e. The van der Waals surface area contributed by atoms with E-state index < -0.39 is 6.04 Å². The predicted molar refractivity (Wildman–Crippen MR) is 81.8 cm³/mol. The van der Waals surface area contributed by atoms with Crippen LogP contribution in [0.25, 0.3) is 0 Å². The third-order valence-electron chi connectivity index (χ3n) is 2.85. The Bertz CT molecular complexity index is 553. The van der Waals surface area contributed by atoms with Crippen LogP contribution in [-0.4, -0.2) is 42.0 Å². The normalized spacial score (nSPS) is 17.2. The van der Waals surface area contributed by atoms with Gasteiger partial charge in [0.05, 0.1) is 23.8 Å². The standard InChI is InChI=1S/C15H17NO4S/c1-3-19-14(17)11-7-5-10(6-8-11)13-16-12(9-21-13)15(18)20-4-2/h5-8,12H,3-4,9H2,1-2H3/t12-/m0/s1. The second-order valence-electron chi connectivity index (χ2n) is 4.31. The Morgan fingerprint density at radius 3 is 2.48 bits per heavy atom. The molecule has 1 aliphatic rings. The number of ether oxygens (including phenoxy) is 2. The second-order valence-corrected chi connectivity index (χ2v) is 5.32. The van der Waals surface area contributed by atoms with Gasteiger partial charge in [-0.1, -0.05) is 12.1 Å². The largest absolute Gasteiger partial charge is 0.464 e. The third-order valence-corrected chi connectivity index (χ3v) is 3.95. The van der Waals surface area contributed by atoms with E-state index in [2.05, 4.69) is 4.99 Å². The summed E-state index contributed by atoms with van der Waals surface area (Å²) in [5, 5.41) is 0.795. The molecule has 0 saturated heterocycles. The Kier molecular flexibility index (Phi) is 5.38. The Labute approximate surface area is 127 Å². The van der Waals surface area contributed by atoms with Crippen molar-refractivity contribution in [1.29, 1.82) is 0 Å². The van der Waals surface area contributed by atoms with Crippen molar-refractivity contribution in [2.75, 3.05) is 19.0 Å². The van der Waals surface area contributed by atoms with Crippen molar-refractivity contribution in [3.8, 4) is 0 Å². The van der Waals surface area contributed by atoms with E-state index in [1.54, 1.807) is 26.0 Å². The maximum atomic E-state index is 11.6. The lowest BCUT2D eigenvalue weighted by Crippen LogP contribution is -2.21. The lowest BCUT2D eigenvalue weighted by Gasteiger charge is -2.04. The molecule has 0 unspecified atom stereocenters. The highest BCUT2D eigenvalue weighted by atomic mass is 32.2. The molecule has 0 radical (unpaired) electrons. The summed E-state index contributed by atoms with van der Waals surface area (Å²) in [4.78, 5) is 27.6. The van der Waals surface area contributed by atoms with E-state index in [0.717, 1.165) is 10.6 Å². The van der Waals surface area contributed by atoms with Crippen LogP contribution in [0, 0.1) is 0 Å². The molecule has 0 aromatic heterocycles. The molecule has 0 fully saturated rings. The molecule has 1 aliphatic heterocycles. The molecule has 0 saturated carbocycles. The van der Waals surface area contributed by atoms with Crippen LogP contribution in [0.15, 0.2) is 29.3 Å². The molecule has 1 aromatic carbocycles. The van der Waals surface area contributed by atoms with E-state index in [1.165, 1.54) is 11.8 Å². The Hall–Kier alpha value is -1.82. The molecule has 2 rings (SSSR count). The van der Waals surface area contributed by atoms with Gasteiger partial charge in [0.1, 0.15) is 0 Å². The first kappa shape index (κ1) is 15.6. The van der Waals surface area contributed by atoms with E-state index in [-0.39, 0.29) is 11.9 Å². The Balaban J connectivity index is 2.07. The summed E-state index contributed by atoms with van der Waals surface area (Å²) in [6.45, 7) is 4.26. The first-order valence-electron chi connectivity index (χ1n) is 6.80. The number of rotatable bonds is 5. The highest BCUT2D eigenvalue weighted by molar-refractivity contribution is 8.14. The van der Waals surface area contributed by atoms with E-state index >= 15 is 0 Å². The zero-order valence-electron chi connectivity index (χ0n) is 12.0. The molecule has 0 aliphatic carbocycles. The zero-order valence-corrected chi connectivity index (χ0v) is 12.8. The van der Waals surface area contributed by atoms with Gasteiger partial charge in [0.25, 0.3) is 0 Å². The highest BCUT2D eigenvalue weighted by Crippen LogP contribution is 2.24. The summed E-state index contributed by atoms with van der Waals surface area (Å²) < 4.78 is 9.90. The SMILES string of the molecule is CCOC(=O)c1ccc(C2=N[C@H](C(=O)OCC)CS2)cc1.